The van der Waals surface area contributed by atoms with E-state index in [0.29, 0.717) is 0 Å². The van der Waals surface area contributed by atoms with Gasteiger partial charge in [-0.3, -0.25) is 4.79 Å². The number of nitrogens with one attached hydrogen (secondary N) is 1. The van der Waals surface area contributed by atoms with Crippen LogP contribution in [0, 0.1) is 0 Å². The van der Waals surface area contributed by atoms with E-state index in [1.807, 2.05) is 0 Å². The second-order valence-electron chi connectivity index (χ2n) is 4.91. The number of halogens is 3. The van der Waals surface area contributed by atoms with Gasteiger partial charge in [0, 0.05) is 0 Å². The Kier molecular flexibility index (Phi) is 6.47. The molecule has 1 rings (SSSR count). The predicted octanol–water partition coefficient (Wildman–Crippen LogP) is -1.42. The summed E-state index contributed by atoms with van der Waals surface area (Å²) in [5.41, 5.74) is -1.03. The van der Waals surface area contributed by atoms with Gasteiger partial charge in [-0.1, -0.05) is 0 Å². The average molecular weight is 349 g/mol. The summed E-state index contributed by atoms with van der Waals surface area (Å²) in [6.07, 6.45) is -11.6. The van der Waals surface area contributed by atoms with Crippen LogP contribution in [0.3, 0.4) is 0 Å². The summed E-state index contributed by atoms with van der Waals surface area (Å²) < 4.78 is 42.2. The van der Waals surface area contributed by atoms with Gasteiger partial charge in [0.2, 0.25) is 0 Å². The maximum Gasteiger partial charge on any atom is 0.471 e. The molecule has 0 aromatic carbocycles. The standard InChI is InChI=1S/C11H18F3NO6S/c1-3(16)4(15-10(20)11(12,13)14)8-6(18)5(17)7(19)9(21-8)22-2/h3-9,16-19H,1-2H3,(H,15,20)/t3-,4-,5?,6?,7-,8-,9?/m1/s1. The highest BCUT2D eigenvalue weighted by atomic mass is 32.2. The van der Waals surface area contributed by atoms with Crippen molar-refractivity contribution < 1.29 is 43.1 Å². The van der Waals surface area contributed by atoms with Crippen LogP contribution in [0.1, 0.15) is 6.92 Å². The minimum atomic E-state index is -5.18. The molecule has 0 radical (unpaired) electrons. The molecule has 22 heavy (non-hydrogen) atoms. The Labute approximate surface area is 128 Å². The van der Waals surface area contributed by atoms with Crippen molar-refractivity contribution in [1.29, 1.82) is 0 Å². The van der Waals surface area contributed by atoms with Gasteiger partial charge in [0.25, 0.3) is 0 Å². The fourth-order valence-corrected chi connectivity index (χ4v) is 2.75. The maximum absolute atomic E-state index is 12.3. The van der Waals surface area contributed by atoms with Crippen molar-refractivity contribution in [2.75, 3.05) is 6.26 Å². The van der Waals surface area contributed by atoms with Gasteiger partial charge in [-0.05, 0) is 13.2 Å². The third-order valence-corrected chi connectivity index (χ3v) is 4.12. The molecule has 3 unspecified atom stereocenters. The zero-order valence-electron chi connectivity index (χ0n) is 11.7. The van der Waals surface area contributed by atoms with Gasteiger partial charge in [0.15, 0.2) is 0 Å². The number of hydrogen-bond acceptors (Lipinski definition) is 7. The molecule has 1 aliphatic heterocycles. The SMILES string of the molecule is CSC1O[C@H]([C@H](NC(=O)C(F)(F)F)[C@@H](C)O)C(O)C(O)[C@H]1O. The number of aliphatic hydroxyl groups is 4. The topological polar surface area (TPSA) is 119 Å². The Balaban J connectivity index is 2.97. The Morgan fingerprint density at radius 3 is 2.18 bits per heavy atom. The number of aliphatic hydroxyl groups excluding tert-OH is 4. The van der Waals surface area contributed by atoms with Crippen molar-refractivity contribution in [3.8, 4) is 0 Å². The van der Waals surface area contributed by atoms with Crippen LogP contribution in [0.2, 0.25) is 0 Å². The van der Waals surface area contributed by atoms with Crippen molar-refractivity contribution in [3.05, 3.63) is 0 Å². The quantitative estimate of drug-likeness (QED) is 0.423. The summed E-state index contributed by atoms with van der Waals surface area (Å²) in [6, 6.07) is -1.62. The van der Waals surface area contributed by atoms with Crippen LogP contribution in [0.15, 0.2) is 0 Å². The number of rotatable bonds is 4. The van der Waals surface area contributed by atoms with Gasteiger partial charge in [0.1, 0.15) is 29.9 Å². The van der Waals surface area contributed by atoms with E-state index in [1.54, 1.807) is 0 Å². The van der Waals surface area contributed by atoms with Gasteiger partial charge < -0.3 is 30.5 Å². The molecule has 1 saturated heterocycles. The lowest BCUT2D eigenvalue weighted by atomic mass is 9.92. The molecule has 1 heterocycles. The highest BCUT2D eigenvalue weighted by Gasteiger charge is 2.49. The molecule has 0 saturated carbocycles. The summed E-state index contributed by atoms with van der Waals surface area (Å²) in [7, 11) is 0. The Morgan fingerprint density at radius 2 is 1.77 bits per heavy atom. The highest BCUT2D eigenvalue weighted by Crippen LogP contribution is 2.29. The van der Waals surface area contributed by atoms with Crippen LogP contribution < -0.4 is 5.32 Å². The monoisotopic (exact) mass is 349 g/mol. The number of carbonyl (C=O) groups is 1. The molecule has 1 fully saturated rings. The fraction of sp³-hybridized carbons (Fsp3) is 0.909. The van der Waals surface area contributed by atoms with Gasteiger partial charge >= 0.3 is 12.1 Å². The third kappa shape index (κ3) is 4.24. The highest BCUT2D eigenvalue weighted by molar-refractivity contribution is 7.99. The predicted molar refractivity (Wildman–Crippen MR) is 69.9 cm³/mol. The first kappa shape index (κ1) is 19.5. The Morgan fingerprint density at radius 1 is 1.23 bits per heavy atom. The number of thioether (sulfide) groups is 1. The van der Waals surface area contributed by atoms with E-state index in [4.69, 9.17) is 4.74 Å². The number of carbonyl (C=O) groups excluding carboxylic acids is 1. The van der Waals surface area contributed by atoms with E-state index in [1.165, 1.54) is 11.6 Å². The van der Waals surface area contributed by atoms with Crippen LogP contribution in [0.25, 0.3) is 0 Å². The number of amides is 1. The van der Waals surface area contributed by atoms with Gasteiger partial charge in [-0.25, -0.2) is 0 Å². The van der Waals surface area contributed by atoms with Crippen LogP contribution in [0.5, 0.6) is 0 Å². The molecule has 0 spiro atoms. The summed E-state index contributed by atoms with van der Waals surface area (Å²) >= 11 is 0.957. The zero-order chi connectivity index (χ0) is 17.2. The lowest BCUT2D eigenvalue weighted by Gasteiger charge is -2.43. The summed E-state index contributed by atoms with van der Waals surface area (Å²) in [5.74, 6) is -2.31. The van der Waals surface area contributed by atoms with Crippen LogP contribution >= 0.6 is 11.8 Å². The van der Waals surface area contributed by atoms with Crippen molar-refractivity contribution in [3.63, 3.8) is 0 Å². The van der Waals surface area contributed by atoms with E-state index >= 15 is 0 Å². The largest absolute Gasteiger partial charge is 0.471 e. The average Bonchev–Trinajstić information content (AvgIpc) is 2.41. The van der Waals surface area contributed by atoms with E-state index in [9.17, 15) is 38.4 Å². The molecule has 0 aromatic heterocycles. The molecular weight excluding hydrogens is 331 g/mol. The lowest BCUT2D eigenvalue weighted by molar-refractivity contribution is -0.214. The zero-order valence-corrected chi connectivity index (χ0v) is 12.5. The molecule has 0 aliphatic carbocycles. The Bertz CT molecular complexity index is 395. The summed E-state index contributed by atoms with van der Waals surface area (Å²) in [4.78, 5) is 11.0. The molecule has 5 N–H and O–H groups in total. The minimum Gasteiger partial charge on any atom is -0.391 e. The smallest absolute Gasteiger partial charge is 0.391 e. The molecule has 0 bridgehead atoms. The summed E-state index contributed by atoms with van der Waals surface area (Å²) in [5, 5.41) is 40.4. The van der Waals surface area contributed by atoms with Crippen LogP contribution in [-0.2, 0) is 9.53 Å². The molecule has 0 aromatic rings. The number of hydrogen-bond donors (Lipinski definition) is 5. The maximum atomic E-state index is 12.3. The number of ether oxygens (including phenoxy) is 1. The van der Waals surface area contributed by atoms with Crippen molar-refractivity contribution >= 4 is 17.7 Å². The second kappa shape index (κ2) is 7.32. The molecule has 7 atom stereocenters. The van der Waals surface area contributed by atoms with Gasteiger partial charge in [-0.2, -0.15) is 13.2 Å². The summed E-state index contributed by atoms with van der Waals surface area (Å²) in [6.45, 7) is 1.10. The molecule has 1 amide bonds. The van der Waals surface area contributed by atoms with Gasteiger partial charge in [-0.15, -0.1) is 11.8 Å². The molecule has 130 valence electrons. The first-order valence-corrected chi connectivity index (χ1v) is 7.57. The van der Waals surface area contributed by atoms with Crippen molar-refractivity contribution in [1.82, 2.24) is 5.32 Å². The van der Waals surface area contributed by atoms with Crippen LogP contribution in [0.4, 0.5) is 13.2 Å². The third-order valence-electron chi connectivity index (χ3n) is 3.27. The number of alkyl halides is 3. The van der Waals surface area contributed by atoms with Gasteiger partial charge in [0.05, 0.1) is 12.1 Å². The van der Waals surface area contributed by atoms with E-state index < -0.39 is 54.1 Å². The molecule has 1 aliphatic rings. The first-order chi connectivity index (χ1) is 10.0. The van der Waals surface area contributed by atoms with E-state index in [0.717, 1.165) is 18.7 Å². The molecular formula is C11H18F3NO6S. The minimum absolute atomic E-state index is 0.957. The van der Waals surface area contributed by atoms with Crippen molar-refractivity contribution in [2.24, 2.45) is 0 Å². The normalized spacial score (nSPS) is 35.8. The van der Waals surface area contributed by atoms with E-state index in [2.05, 4.69) is 0 Å². The lowest BCUT2D eigenvalue weighted by Crippen LogP contribution is -2.65. The van der Waals surface area contributed by atoms with E-state index in [-0.39, 0.29) is 0 Å². The first-order valence-electron chi connectivity index (χ1n) is 6.29. The second-order valence-corrected chi connectivity index (χ2v) is 5.85. The fourth-order valence-electron chi connectivity index (χ4n) is 2.08. The van der Waals surface area contributed by atoms with Crippen molar-refractivity contribution in [2.45, 2.75) is 55.1 Å². The molecule has 7 nitrogen and oxygen atoms in total. The van der Waals surface area contributed by atoms with Crippen LogP contribution in [-0.4, -0.2) is 80.8 Å². The molecule has 11 heteroatoms. The Hall–Kier alpha value is -0.590.